The van der Waals surface area contributed by atoms with E-state index in [0.717, 1.165) is 68.3 Å². The van der Waals surface area contributed by atoms with Crippen LogP contribution in [0.1, 0.15) is 55.7 Å². The highest BCUT2D eigenvalue weighted by Gasteiger charge is 2.40. The van der Waals surface area contributed by atoms with Crippen molar-refractivity contribution >= 4 is 34.2 Å². The van der Waals surface area contributed by atoms with Crippen LogP contribution in [0.4, 0.5) is 8.78 Å². The molecule has 3 aromatic carbocycles. The largest absolute Gasteiger partial charge is 0.326 e. The first-order chi connectivity index (χ1) is 18.3. The molecule has 6 rings (SSSR count). The molecule has 2 aliphatic rings. The first-order valence-electron chi connectivity index (χ1n) is 13.2. The van der Waals surface area contributed by atoms with Crippen LogP contribution in [-0.4, -0.2) is 33.6 Å². The monoisotopic (exact) mass is 555 g/mol. The third-order valence-electron chi connectivity index (χ3n) is 8.74. The summed E-state index contributed by atoms with van der Waals surface area (Å²) >= 11 is 12.4. The molecule has 0 unspecified atom stereocenters. The van der Waals surface area contributed by atoms with E-state index in [1.54, 1.807) is 12.1 Å². The second-order valence-electron chi connectivity index (χ2n) is 10.7. The van der Waals surface area contributed by atoms with Crippen molar-refractivity contribution < 1.29 is 8.78 Å². The fourth-order valence-electron chi connectivity index (χ4n) is 6.73. The molecule has 4 nitrogen and oxygen atoms in total. The van der Waals surface area contributed by atoms with Gasteiger partial charge in [0.05, 0.1) is 21.1 Å². The number of imidazole rings is 1. The lowest BCUT2D eigenvalue weighted by atomic mass is 9.64. The molecule has 0 radical (unpaired) electrons. The minimum absolute atomic E-state index is 0.103. The van der Waals surface area contributed by atoms with Gasteiger partial charge in [0.25, 0.3) is 0 Å². The van der Waals surface area contributed by atoms with Crippen LogP contribution in [-0.2, 0) is 5.41 Å². The van der Waals surface area contributed by atoms with Crippen molar-refractivity contribution in [3.63, 3.8) is 0 Å². The van der Waals surface area contributed by atoms with E-state index in [2.05, 4.69) is 9.88 Å². The van der Waals surface area contributed by atoms with Gasteiger partial charge in [0.1, 0.15) is 11.6 Å². The van der Waals surface area contributed by atoms with Gasteiger partial charge in [-0.3, -0.25) is 4.57 Å². The molecular weight excluding hydrogens is 527 g/mol. The molecule has 1 saturated heterocycles. The number of fused-ring (bicyclic) bond motifs is 1. The van der Waals surface area contributed by atoms with Crippen LogP contribution < -0.4 is 5.69 Å². The van der Waals surface area contributed by atoms with Crippen molar-refractivity contribution in [3.05, 3.63) is 104 Å². The average molecular weight is 556 g/mol. The maximum absolute atomic E-state index is 13.7. The predicted molar refractivity (Wildman–Crippen MR) is 148 cm³/mol. The van der Waals surface area contributed by atoms with Gasteiger partial charge < -0.3 is 9.88 Å². The molecule has 1 aliphatic heterocycles. The number of nitrogens with zero attached hydrogens (tertiary/aromatic N) is 2. The maximum Gasteiger partial charge on any atom is 0.326 e. The molecule has 0 bridgehead atoms. The first-order valence-corrected chi connectivity index (χ1v) is 13.9. The van der Waals surface area contributed by atoms with E-state index in [-0.39, 0.29) is 28.8 Å². The molecule has 38 heavy (non-hydrogen) atoms. The molecule has 2 heterocycles. The number of nitrogens with one attached hydrogen (secondary N) is 1. The minimum atomic E-state index is -0.256. The fraction of sp³-hybridized carbons (Fsp3) is 0.367. The number of hydrogen-bond donors (Lipinski definition) is 1. The highest BCUT2D eigenvalue weighted by atomic mass is 35.5. The highest BCUT2D eigenvalue weighted by molar-refractivity contribution is 6.42. The average Bonchev–Trinajstić information content (AvgIpc) is 3.24. The van der Waals surface area contributed by atoms with Crippen LogP contribution in [0.5, 0.6) is 0 Å². The molecule has 1 aliphatic carbocycles. The van der Waals surface area contributed by atoms with Crippen molar-refractivity contribution in [1.29, 1.82) is 0 Å². The van der Waals surface area contributed by atoms with Gasteiger partial charge in [-0.2, -0.15) is 0 Å². The highest BCUT2D eigenvalue weighted by Crippen LogP contribution is 2.46. The number of benzene rings is 3. The van der Waals surface area contributed by atoms with Gasteiger partial charge >= 0.3 is 5.69 Å². The zero-order chi connectivity index (χ0) is 26.4. The Morgan fingerprint density at radius 2 is 1.29 bits per heavy atom. The molecule has 4 aromatic rings. The summed E-state index contributed by atoms with van der Waals surface area (Å²) in [5.41, 5.74) is 3.28. The fourth-order valence-corrected chi connectivity index (χ4v) is 7.06. The Hall–Kier alpha value is -2.67. The molecule has 198 valence electrons. The van der Waals surface area contributed by atoms with Gasteiger partial charge in [0.15, 0.2) is 0 Å². The third kappa shape index (κ3) is 4.57. The van der Waals surface area contributed by atoms with Crippen molar-refractivity contribution in [3.8, 4) is 0 Å². The minimum Gasteiger partial charge on any atom is -0.305 e. The third-order valence-corrected chi connectivity index (χ3v) is 9.46. The van der Waals surface area contributed by atoms with E-state index < -0.39 is 0 Å². The van der Waals surface area contributed by atoms with E-state index in [1.165, 1.54) is 24.3 Å². The van der Waals surface area contributed by atoms with E-state index in [1.807, 2.05) is 28.8 Å². The molecule has 1 aromatic heterocycles. The summed E-state index contributed by atoms with van der Waals surface area (Å²) in [7, 11) is 0. The Kier molecular flexibility index (Phi) is 6.83. The zero-order valence-corrected chi connectivity index (χ0v) is 22.4. The summed E-state index contributed by atoms with van der Waals surface area (Å²) in [5, 5.41) is 0.870. The van der Waals surface area contributed by atoms with E-state index in [4.69, 9.17) is 23.2 Å². The number of hydrogen-bond acceptors (Lipinski definition) is 2. The van der Waals surface area contributed by atoms with E-state index in [9.17, 15) is 13.6 Å². The summed E-state index contributed by atoms with van der Waals surface area (Å²) in [6, 6.07) is 17.6. The number of piperidine rings is 1. The van der Waals surface area contributed by atoms with Crippen LogP contribution in [0.2, 0.25) is 10.0 Å². The second-order valence-corrected chi connectivity index (χ2v) is 11.5. The standard InChI is InChI=1S/C30H29Cl2F2N3O/c31-25-17-27-28(18-26(25)32)37(29(38)35-27)24-11-15-36(16-12-24)23-9-13-30(14-10-23,19-1-5-21(33)6-2-19)20-3-7-22(34)8-4-20/h1-8,17-18,23-24H,9-16H2,(H,35,38). The molecule has 2 fully saturated rings. The number of H-pyrrole nitrogens is 1. The summed E-state index contributed by atoms with van der Waals surface area (Å²) in [6.45, 7) is 1.83. The molecule has 0 spiro atoms. The number of halogens is 4. The quantitative estimate of drug-likeness (QED) is 0.283. The molecule has 0 amide bonds. The Morgan fingerprint density at radius 3 is 1.84 bits per heavy atom. The van der Waals surface area contributed by atoms with Gasteiger partial charge in [-0.15, -0.1) is 0 Å². The summed E-state index contributed by atoms with van der Waals surface area (Å²) < 4.78 is 29.3. The SMILES string of the molecule is O=c1[nH]c2cc(Cl)c(Cl)cc2n1C1CCN(C2CCC(c3ccc(F)cc3)(c3ccc(F)cc3)CC2)CC1. The number of rotatable bonds is 4. The summed E-state index contributed by atoms with van der Waals surface area (Å²) in [5.74, 6) is -0.501. The van der Waals surface area contributed by atoms with Crippen LogP contribution in [0.3, 0.4) is 0 Å². The molecular formula is C30H29Cl2F2N3O. The van der Waals surface area contributed by atoms with Crippen molar-refractivity contribution in [2.45, 2.75) is 56.0 Å². The van der Waals surface area contributed by atoms with Crippen molar-refractivity contribution in [1.82, 2.24) is 14.5 Å². The molecule has 0 atom stereocenters. The van der Waals surface area contributed by atoms with Crippen LogP contribution >= 0.6 is 23.2 Å². The normalized spacial score (nSPS) is 19.3. The Labute approximate surface area is 230 Å². The lowest BCUT2D eigenvalue weighted by molar-refractivity contribution is 0.0948. The molecule has 8 heteroatoms. The number of aromatic amines is 1. The van der Waals surface area contributed by atoms with E-state index in [0.29, 0.717) is 21.6 Å². The number of likely N-dealkylation sites (tertiary alicyclic amines) is 1. The predicted octanol–water partition coefficient (Wildman–Crippen LogP) is 7.48. The Balaban J connectivity index is 1.18. The maximum atomic E-state index is 13.7. The van der Waals surface area contributed by atoms with Crippen LogP contribution in [0, 0.1) is 11.6 Å². The van der Waals surface area contributed by atoms with Gasteiger partial charge in [-0.05, 0) is 86.1 Å². The number of aromatic nitrogens is 2. The topological polar surface area (TPSA) is 41.0 Å². The smallest absolute Gasteiger partial charge is 0.305 e. The van der Waals surface area contributed by atoms with Gasteiger partial charge in [0, 0.05) is 30.6 Å². The van der Waals surface area contributed by atoms with E-state index >= 15 is 0 Å². The first kappa shape index (κ1) is 25.6. The molecule has 1 saturated carbocycles. The van der Waals surface area contributed by atoms with Crippen molar-refractivity contribution in [2.24, 2.45) is 0 Å². The lowest BCUT2D eigenvalue weighted by Crippen LogP contribution is -2.46. The lowest BCUT2D eigenvalue weighted by Gasteiger charge is -2.46. The van der Waals surface area contributed by atoms with Gasteiger partial charge in [-0.1, -0.05) is 47.5 Å². The zero-order valence-electron chi connectivity index (χ0n) is 20.9. The Bertz CT molecular complexity index is 1450. The van der Waals surface area contributed by atoms with Crippen molar-refractivity contribution in [2.75, 3.05) is 13.1 Å². The Morgan fingerprint density at radius 1 is 0.763 bits per heavy atom. The van der Waals surface area contributed by atoms with Gasteiger partial charge in [0.2, 0.25) is 0 Å². The van der Waals surface area contributed by atoms with Gasteiger partial charge in [-0.25, -0.2) is 13.6 Å². The summed E-state index contributed by atoms with van der Waals surface area (Å²) in [6.07, 6.45) is 5.59. The van der Waals surface area contributed by atoms with Crippen LogP contribution in [0.25, 0.3) is 11.0 Å². The second kappa shape index (κ2) is 10.1. The molecule has 1 N–H and O–H groups in total. The summed E-state index contributed by atoms with van der Waals surface area (Å²) in [4.78, 5) is 18.3. The van der Waals surface area contributed by atoms with Crippen LogP contribution in [0.15, 0.2) is 65.5 Å².